The van der Waals surface area contributed by atoms with Gasteiger partial charge < -0.3 is 14.0 Å². The first-order valence-electron chi connectivity index (χ1n) is 9.39. The lowest BCUT2D eigenvalue weighted by atomic mass is 10.1. The van der Waals surface area contributed by atoms with Crippen LogP contribution < -0.4 is 9.47 Å². The third-order valence-electron chi connectivity index (χ3n) is 5.02. The van der Waals surface area contributed by atoms with Crippen molar-refractivity contribution < 1.29 is 9.47 Å². The van der Waals surface area contributed by atoms with Gasteiger partial charge in [0.2, 0.25) is 0 Å². The van der Waals surface area contributed by atoms with Gasteiger partial charge in [-0.2, -0.15) is 0 Å². The molecule has 1 aliphatic heterocycles. The first-order valence-corrected chi connectivity index (χ1v) is 9.39. The average Bonchev–Trinajstić information content (AvgIpc) is 3.09. The Morgan fingerprint density at radius 1 is 1.22 bits per heavy atom. The molecular weight excluding hydrogens is 338 g/mol. The van der Waals surface area contributed by atoms with Crippen molar-refractivity contribution in [3.63, 3.8) is 0 Å². The molecule has 2 aromatic heterocycles. The van der Waals surface area contributed by atoms with Crippen molar-refractivity contribution in [1.29, 1.82) is 0 Å². The van der Waals surface area contributed by atoms with Gasteiger partial charge in [-0.15, -0.1) is 0 Å². The van der Waals surface area contributed by atoms with Gasteiger partial charge in [-0.05, 0) is 48.9 Å². The quantitative estimate of drug-likeness (QED) is 0.685. The zero-order valence-corrected chi connectivity index (χ0v) is 15.8. The third kappa shape index (κ3) is 3.83. The highest BCUT2D eigenvalue weighted by atomic mass is 16.5. The Morgan fingerprint density at radius 2 is 2.15 bits per heavy atom. The maximum Gasteiger partial charge on any atom is 0.124 e. The number of fused-ring (bicyclic) bond motifs is 1. The number of nitrogens with zero attached hydrogens (tertiary/aromatic N) is 3. The second-order valence-corrected chi connectivity index (χ2v) is 6.87. The molecule has 4 rings (SSSR count). The maximum absolute atomic E-state index is 6.26. The minimum absolute atomic E-state index is 0.182. The summed E-state index contributed by atoms with van der Waals surface area (Å²) in [6.07, 6.45) is 6.95. The summed E-state index contributed by atoms with van der Waals surface area (Å²) in [4.78, 5) is 6.70. The standard InChI is InChI=1S/C22H25N3O2/c1-3-20-16-24(14-17-12-21(26-2)8-9-22(17)27-20)15-19-7-5-11-25(19)18-6-4-10-23-13-18/h4-13,20H,3,14-16H2,1-2H3. The smallest absolute Gasteiger partial charge is 0.124 e. The molecule has 1 aliphatic rings. The molecule has 0 saturated heterocycles. The van der Waals surface area contributed by atoms with Crippen LogP contribution in [0.2, 0.25) is 0 Å². The van der Waals surface area contributed by atoms with E-state index in [-0.39, 0.29) is 6.10 Å². The summed E-state index contributed by atoms with van der Waals surface area (Å²) in [5, 5.41) is 0. The van der Waals surface area contributed by atoms with Crippen LogP contribution in [0.5, 0.6) is 11.5 Å². The van der Waals surface area contributed by atoms with Crippen LogP contribution in [0.25, 0.3) is 5.69 Å². The zero-order valence-electron chi connectivity index (χ0n) is 15.8. The monoisotopic (exact) mass is 363 g/mol. The van der Waals surface area contributed by atoms with Gasteiger partial charge in [0.15, 0.2) is 0 Å². The minimum Gasteiger partial charge on any atom is -0.497 e. The summed E-state index contributed by atoms with van der Waals surface area (Å²) >= 11 is 0. The molecule has 1 atom stereocenters. The van der Waals surface area contributed by atoms with Crippen molar-refractivity contribution >= 4 is 0 Å². The lowest BCUT2D eigenvalue weighted by Gasteiger charge is -2.24. The number of hydrogen-bond acceptors (Lipinski definition) is 4. The molecule has 5 heteroatoms. The van der Waals surface area contributed by atoms with Crippen LogP contribution in [0.4, 0.5) is 0 Å². The van der Waals surface area contributed by atoms with E-state index in [0.717, 1.165) is 43.2 Å². The van der Waals surface area contributed by atoms with Gasteiger partial charge in [0.05, 0.1) is 19.0 Å². The molecule has 0 N–H and O–H groups in total. The average molecular weight is 363 g/mol. The Kier molecular flexibility index (Phi) is 5.12. The van der Waals surface area contributed by atoms with Crippen LogP contribution in [-0.2, 0) is 13.1 Å². The van der Waals surface area contributed by atoms with E-state index >= 15 is 0 Å². The minimum atomic E-state index is 0.182. The van der Waals surface area contributed by atoms with E-state index in [0.29, 0.717) is 0 Å². The number of ether oxygens (including phenoxy) is 2. The summed E-state index contributed by atoms with van der Waals surface area (Å²) < 4.78 is 13.9. The fraction of sp³-hybridized carbons (Fsp3) is 0.318. The molecule has 3 heterocycles. The highest BCUT2D eigenvalue weighted by Crippen LogP contribution is 2.30. The molecule has 0 saturated carbocycles. The maximum atomic E-state index is 6.26. The van der Waals surface area contributed by atoms with Crippen molar-refractivity contribution in [2.75, 3.05) is 13.7 Å². The second kappa shape index (κ2) is 7.84. The first-order chi connectivity index (χ1) is 13.3. The molecule has 5 nitrogen and oxygen atoms in total. The molecule has 0 bridgehead atoms. The second-order valence-electron chi connectivity index (χ2n) is 6.87. The molecule has 140 valence electrons. The summed E-state index contributed by atoms with van der Waals surface area (Å²) in [5.41, 5.74) is 3.49. The Morgan fingerprint density at radius 3 is 2.93 bits per heavy atom. The molecule has 1 unspecified atom stereocenters. The molecule has 0 fully saturated rings. The summed E-state index contributed by atoms with van der Waals surface area (Å²) in [6.45, 7) is 4.75. The van der Waals surface area contributed by atoms with Gasteiger partial charge in [-0.25, -0.2) is 0 Å². The van der Waals surface area contributed by atoms with Crippen LogP contribution in [0.15, 0.2) is 61.1 Å². The van der Waals surface area contributed by atoms with Crippen LogP contribution in [0.3, 0.4) is 0 Å². The Bertz CT molecular complexity index is 892. The molecule has 3 aromatic rings. The normalized spacial score (nSPS) is 17.0. The zero-order chi connectivity index (χ0) is 18.6. The molecule has 0 spiro atoms. The SMILES string of the molecule is CCC1CN(Cc2cccn2-c2cccnc2)Cc2cc(OC)ccc2O1. The molecule has 0 amide bonds. The van der Waals surface area contributed by atoms with E-state index in [9.17, 15) is 0 Å². The van der Waals surface area contributed by atoms with Crippen LogP contribution in [0.1, 0.15) is 24.6 Å². The lowest BCUT2D eigenvalue weighted by molar-refractivity contribution is 0.138. The fourth-order valence-corrected chi connectivity index (χ4v) is 3.59. The van der Waals surface area contributed by atoms with E-state index in [1.165, 1.54) is 11.3 Å². The predicted octanol–water partition coefficient (Wildman–Crippen LogP) is 4.05. The largest absolute Gasteiger partial charge is 0.497 e. The van der Waals surface area contributed by atoms with E-state index in [2.05, 4.69) is 51.8 Å². The van der Waals surface area contributed by atoms with Gasteiger partial charge in [0, 0.05) is 43.3 Å². The number of pyridine rings is 1. The number of benzene rings is 1. The molecular formula is C22H25N3O2. The van der Waals surface area contributed by atoms with E-state index in [4.69, 9.17) is 9.47 Å². The predicted molar refractivity (Wildman–Crippen MR) is 105 cm³/mol. The Labute approximate surface area is 160 Å². The molecule has 27 heavy (non-hydrogen) atoms. The van der Waals surface area contributed by atoms with E-state index in [1.54, 1.807) is 13.3 Å². The van der Waals surface area contributed by atoms with Gasteiger partial charge in [0.1, 0.15) is 17.6 Å². The highest BCUT2D eigenvalue weighted by molar-refractivity contribution is 5.41. The molecule has 0 aliphatic carbocycles. The Hall–Kier alpha value is -2.79. The molecule has 1 aromatic carbocycles. The third-order valence-corrected chi connectivity index (χ3v) is 5.02. The van der Waals surface area contributed by atoms with Crippen molar-refractivity contribution in [3.05, 3.63) is 72.3 Å². The Balaban J connectivity index is 1.61. The van der Waals surface area contributed by atoms with Crippen LogP contribution >= 0.6 is 0 Å². The molecule has 0 radical (unpaired) electrons. The van der Waals surface area contributed by atoms with Crippen molar-refractivity contribution in [2.24, 2.45) is 0 Å². The van der Waals surface area contributed by atoms with Gasteiger partial charge in [0.25, 0.3) is 0 Å². The van der Waals surface area contributed by atoms with E-state index < -0.39 is 0 Å². The number of rotatable bonds is 5. The topological polar surface area (TPSA) is 39.5 Å². The fourth-order valence-electron chi connectivity index (χ4n) is 3.59. The highest BCUT2D eigenvalue weighted by Gasteiger charge is 2.23. The van der Waals surface area contributed by atoms with Gasteiger partial charge >= 0.3 is 0 Å². The van der Waals surface area contributed by atoms with E-state index in [1.807, 2.05) is 24.4 Å². The summed E-state index contributed by atoms with van der Waals surface area (Å²) in [7, 11) is 1.70. The number of hydrogen-bond donors (Lipinski definition) is 0. The number of aromatic nitrogens is 2. The summed E-state index contributed by atoms with van der Waals surface area (Å²) in [6, 6.07) is 14.4. The van der Waals surface area contributed by atoms with Gasteiger partial charge in [-0.1, -0.05) is 6.92 Å². The van der Waals surface area contributed by atoms with Gasteiger partial charge in [-0.3, -0.25) is 9.88 Å². The van der Waals surface area contributed by atoms with Crippen molar-refractivity contribution in [1.82, 2.24) is 14.5 Å². The van der Waals surface area contributed by atoms with Crippen molar-refractivity contribution in [3.8, 4) is 17.2 Å². The lowest BCUT2D eigenvalue weighted by Crippen LogP contribution is -2.32. The van der Waals surface area contributed by atoms with Crippen LogP contribution in [0, 0.1) is 0 Å². The van der Waals surface area contributed by atoms with Crippen LogP contribution in [-0.4, -0.2) is 34.2 Å². The summed E-state index contributed by atoms with van der Waals surface area (Å²) in [5.74, 6) is 1.83. The number of methoxy groups -OCH3 is 1. The van der Waals surface area contributed by atoms with Crippen molar-refractivity contribution in [2.45, 2.75) is 32.5 Å². The first kappa shape index (κ1) is 17.6.